The molecule has 0 aliphatic heterocycles. The van der Waals surface area contributed by atoms with Crippen molar-refractivity contribution in [3.8, 4) is 11.8 Å². The number of hydrogen-bond acceptors (Lipinski definition) is 3. The summed E-state index contributed by atoms with van der Waals surface area (Å²) in [5, 5.41) is 0. The Hall–Kier alpha value is -1.09. The van der Waals surface area contributed by atoms with Gasteiger partial charge in [0.05, 0.1) is 24.6 Å². The Labute approximate surface area is 169 Å². The highest BCUT2D eigenvalue weighted by Gasteiger charge is 2.24. The SMILES string of the molecule is Cn1c(C#CCCOC2CCCCC2)ccc1CCC(C)(N)CCP(=O)(O)O. The van der Waals surface area contributed by atoms with Crippen LogP contribution in [0.25, 0.3) is 0 Å². The van der Waals surface area contributed by atoms with E-state index in [1.54, 1.807) is 0 Å². The minimum absolute atomic E-state index is 0.174. The van der Waals surface area contributed by atoms with Crippen LogP contribution in [0.1, 0.15) is 69.7 Å². The van der Waals surface area contributed by atoms with E-state index in [0.717, 1.165) is 24.2 Å². The van der Waals surface area contributed by atoms with Gasteiger partial charge in [-0.15, -0.1) is 0 Å². The molecule has 0 bridgehead atoms. The molecule has 6 nitrogen and oxygen atoms in total. The summed E-state index contributed by atoms with van der Waals surface area (Å²) in [4.78, 5) is 18.1. The fourth-order valence-electron chi connectivity index (χ4n) is 3.53. The lowest BCUT2D eigenvalue weighted by molar-refractivity contribution is 0.0320. The first-order chi connectivity index (χ1) is 13.2. The standard InChI is InChI=1S/C21H35N2O4P/c1-21(22,15-17-28(24,25)26)14-13-19-12-11-18(23(19)2)8-6-7-16-27-20-9-4-3-5-10-20/h11-12,20H,3-5,7,9-10,13-17,22H2,1-2H3,(H2,24,25,26). The van der Waals surface area contributed by atoms with Crippen LogP contribution in [0.5, 0.6) is 0 Å². The Morgan fingerprint density at radius 1 is 1.29 bits per heavy atom. The van der Waals surface area contributed by atoms with Gasteiger partial charge in [0.1, 0.15) is 0 Å². The summed E-state index contributed by atoms with van der Waals surface area (Å²) in [5.41, 5.74) is 7.69. The number of aryl methyl sites for hydroxylation is 1. The van der Waals surface area contributed by atoms with Crippen molar-refractivity contribution in [2.75, 3.05) is 12.8 Å². The molecule has 1 aromatic heterocycles. The van der Waals surface area contributed by atoms with Crippen molar-refractivity contribution in [3.05, 3.63) is 23.5 Å². The molecule has 0 radical (unpaired) electrons. The highest BCUT2D eigenvalue weighted by atomic mass is 31.2. The van der Waals surface area contributed by atoms with E-state index in [4.69, 9.17) is 20.3 Å². The van der Waals surface area contributed by atoms with Gasteiger partial charge < -0.3 is 24.8 Å². The monoisotopic (exact) mass is 410 g/mol. The lowest BCUT2D eigenvalue weighted by Gasteiger charge is -2.25. The lowest BCUT2D eigenvalue weighted by atomic mass is 9.93. The normalized spacial score (nSPS) is 17.8. The lowest BCUT2D eigenvalue weighted by Crippen LogP contribution is -2.37. The van der Waals surface area contributed by atoms with Crippen molar-refractivity contribution in [1.82, 2.24) is 4.57 Å². The molecule has 0 amide bonds. The first kappa shape index (κ1) is 23.2. The third kappa shape index (κ3) is 8.51. The molecule has 4 N–H and O–H groups in total. The van der Waals surface area contributed by atoms with Crippen molar-refractivity contribution < 1.29 is 19.1 Å². The number of ether oxygens (including phenoxy) is 1. The second-order valence-corrected chi connectivity index (χ2v) is 10.0. The first-order valence-electron chi connectivity index (χ1n) is 10.2. The predicted molar refractivity (Wildman–Crippen MR) is 112 cm³/mol. The highest BCUT2D eigenvalue weighted by molar-refractivity contribution is 7.51. The molecule has 1 unspecified atom stereocenters. The predicted octanol–water partition coefficient (Wildman–Crippen LogP) is 3.33. The van der Waals surface area contributed by atoms with Crippen LogP contribution in [-0.2, 0) is 22.8 Å². The highest BCUT2D eigenvalue weighted by Crippen LogP contribution is 2.37. The molecule has 1 aliphatic carbocycles. The van der Waals surface area contributed by atoms with Crippen LogP contribution in [0.15, 0.2) is 12.1 Å². The van der Waals surface area contributed by atoms with Crippen LogP contribution in [0.4, 0.5) is 0 Å². The second kappa shape index (κ2) is 10.6. The molecule has 158 valence electrons. The molecule has 1 aromatic rings. The maximum atomic E-state index is 11.1. The van der Waals surface area contributed by atoms with E-state index in [9.17, 15) is 4.57 Å². The summed E-state index contributed by atoms with van der Waals surface area (Å²) < 4.78 is 19.0. The Balaban J connectivity index is 1.77. The topological polar surface area (TPSA) is 97.7 Å². The molecule has 0 spiro atoms. The smallest absolute Gasteiger partial charge is 0.325 e. The zero-order valence-electron chi connectivity index (χ0n) is 17.2. The van der Waals surface area contributed by atoms with Crippen molar-refractivity contribution in [2.24, 2.45) is 12.8 Å². The van der Waals surface area contributed by atoms with Crippen molar-refractivity contribution in [3.63, 3.8) is 0 Å². The molecular formula is C21H35N2O4P. The number of hydrogen-bond donors (Lipinski definition) is 3. The van der Waals surface area contributed by atoms with E-state index in [1.165, 1.54) is 32.1 Å². The number of nitrogens with zero attached hydrogens (tertiary/aromatic N) is 1. The maximum absolute atomic E-state index is 11.1. The van der Waals surface area contributed by atoms with Crippen LogP contribution in [0.3, 0.4) is 0 Å². The van der Waals surface area contributed by atoms with E-state index in [0.29, 0.717) is 25.6 Å². The van der Waals surface area contributed by atoms with Gasteiger partial charge in [-0.1, -0.05) is 25.2 Å². The molecule has 1 fully saturated rings. The van der Waals surface area contributed by atoms with Gasteiger partial charge in [-0.2, -0.15) is 0 Å². The zero-order valence-corrected chi connectivity index (χ0v) is 18.1. The molecule has 1 aliphatic rings. The number of aromatic nitrogens is 1. The summed E-state index contributed by atoms with van der Waals surface area (Å²) in [6, 6.07) is 4.05. The molecule has 1 atom stereocenters. The summed E-state index contributed by atoms with van der Waals surface area (Å²) in [6.45, 7) is 2.54. The van der Waals surface area contributed by atoms with Crippen LogP contribution >= 0.6 is 7.60 Å². The van der Waals surface area contributed by atoms with Gasteiger partial charge in [-0.25, -0.2) is 0 Å². The average Bonchev–Trinajstić information content (AvgIpc) is 2.99. The maximum Gasteiger partial charge on any atom is 0.325 e. The molecule has 7 heteroatoms. The van der Waals surface area contributed by atoms with Crippen molar-refractivity contribution in [1.29, 1.82) is 0 Å². The summed E-state index contributed by atoms with van der Waals surface area (Å²) in [5.74, 6) is 6.41. The summed E-state index contributed by atoms with van der Waals surface area (Å²) in [6.07, 6.45) is 8.96. The van der Waals surface area contributed by atoms with Gasteiger partial charge in [0, 0.05) is 24.7 Å². The van der Waals surface area contributed by atoms with Gasteiger partial charge in [-0.3, -0.25) is 4.57 Å². The Morgan fingerprint density at radius 3 is 2.68 bits per heavy atom. The van der Waals surface area contributed by atoms with Crippen LogP contribution in [0, 0.1) is 11.8 Å². The Morgan fingerprint density at radius 2 is 2.00 bits per heavy atom. The molecular weight excluding hydrogens is 375 g/mol. The molecule has 0 saturated heterocycles. The van der Waals surface area contributed by atoms with Gasteiger partial charge in [-0.05, 0) is 57.1 Å². The number of rotatable bonds is 9. The summed E-state index contributed by atoms with van der Waals surface area (Å²) >= 11 is 0. The third-order valence-corrected chi connectivity index (χ3v) is 6.31. The number of nitrogens with two attached hydrogens (primary N) is 1. The van der Waals surface area contributed by atoms with Crippen LogP contribution < -0.4 is 5.73 Å². The van der Waals surface area contributed by atoms with Gasteiger partial charge in [0.15, 0.2) is 0 Å². The van der Waals surface area contributed by atoms with E-state index >= 15 is 0 Å². The minimum atomic E-state index is -4.00. The van der Waals surface area contributed by atoms with E-state index in [-0.39, 0.29) is 6.16 Å². The molecule has 1 heterocycles. The zero-order chi connectivity index (χ0) is 20.6. The van der Waals surface area contributed by atoms with E-state index < -0.39 is 13.1 Å². The largest absolute Gasteiger partial charge is 0.377 e. The quantitative estimate of drug-likeness (QED) is 0.330. The minimum Gasteiger partial charge on any atom is -0.377 e. The molecule has 2 rings (SSSR count). The van der Waals surface area contributed by atoms with Crippen molar-refractivity contribution >= 4 is 7.60 Å². The fraction of sp³-hybridized carbons (Fsp3) is 0.714. The molecule has 28 heavy (non-hydrogen) atoms. The van der Waals surface area contributed by atoms with Crippen LogP contribution in [0.2, 0.25) is 0 Å². The second-order valence-electron chi connectivity index (χ2n) is 8.24. The molecule has 0 aromatic carbocycles. The third-order valence-electron chi connectivity index (χ3n) is 5.50. The first-order valence-corrected chi connectivity index (χ1v) is 12.0. The average molecular weight is 410 g/mol. The van der Waals surface area contributed by atoms with Gasteiger partial charge >= 0.3 is 7.60 Å². The van der Waals surface area contributed by atoms with E-state index in [2.05, 4.69) is 16.4 Å². The Bertz CT molecular complexity index is 720. The van der Waals surface area contributed by atoms with Crippen LogP contribution in [-0.4, -0.2) is 38.8 Å². The van der Waals surface area contributed by atoms with Gasteiger partial charge in [0.2, 0.25) is 0 Å². The summed E-state index contributed by atoms with van der Waals surface area (Å²) in [7, 11) is -2.02. The van der Waals surface area contributed by atoms with Gasteiger partial charge in [0.25, 0.3) is 0 Å². The fourth-order valence-corrected chi connectivity index (χ4v) is 4.33. The van der Waals surface area contributed by atoms with Crippen molar-refractivity contribution in [2.45, 2.75) is 76.4 Å². The molecule has 1 saturated carbocycles. The Kier molecular flexibility index (Phi) is 8.80. The van der Waals surface area contributed by atoms with E-state index in [1.807, 2.05) is 26.1 Å².